The number of anilines is 1. The maximum Gasteiger partial charge on any atom is 0.227 e. The van der Waals surface area contributed by atoms with Crippen molar-refractivity contribution in [1.29, 1.82) is 0 Å². The lowest BCUT2D eigenvalue weighted by molar-refractivity contribution is 0.238. The number of para-hydroxylation sites is 1. The summed E-state index contributed by atoms with van der Waals surface area (Å²) in [5.41, 5.74) is 0.793. The van der Waals surface area contributed by atoms with Gasteiger partial charge in [0.1, 0.15) is 25.2 Å². The van der Waals surface area contributed by atoms with Crippen molar-refractivity contribution in [2.75, 3.05) is 25.1 Å². The van der Waals surface area contributed by atoms with E-state index in [4.69, 9.17) is 14.3 Å². The molecule has 1 heterocycles. The second-order valence-electron chi connectivity index (χ2n) is 4.34. The Labute approximate surface area is 117 Å². The molecule has 0 saturated carbocycles. The number of hydrogen-bond acceptors (Lipinski definition) is 5. The largest absolute Gasteiger partial charge is 0.485 e. The molecule has 0 bridgehead atoms. The number of aliphatic hydroxyl groups excluding tert-OH is 1. The lowest BCUT2D eigenvalue weighted by atomic mass is 10.3. The SMILES string of the molecule is CN(CCOc1coc(CO)cc1=O)c1ccccc1. The molecule has 1 aromatic heterocycles. The van der Waals surface area contributed by atoms with Crippen LogP contribution in [0.4, 0.5) is 5.69 Å². The van der Waals surface area contributed by atoms with E-state index in [0.29, 0.717) is 13.2 Å². The predicted octanol–water partition coefficient (Wildman–Crippen LogP) is 1.65. The zero-order valence-corrected chi connectivity index (χ0v) is 11.3. The minimum Gasteiger partial charge on any atom is -0.485 e. The molecular formula is C15H17NO4. The van der Waals surface area contributed by atoms with E-state index in [1.54, 1.807) is 0 Å². The van der Waals surface area contributed by atoms with Crippen LogP contribution in [0.1, 0.15) is 5.76 Å². The minimum absolute atomic E-state index is 0.156. The molecule has 106 valence electrons. The van der Waals surface area contributed by atoms with E-state index in [2.05, 4.69) is 0 Å². The second kappa shape index (κ2) is 6.77. The summed E-state index contributed by atoms with van der Waals surface area (Å²) in [7, 11) is 1.95. The molecule has 0 aliphatic carbocycles. The van der Waals surface area contributed by atoms with Gasteiger partial charge in [0.15, 0.2) is 0 Å². The lowest BCUT2D eigenvalue weighted by Crippen LogP contribution is -2.24. The number of nitrogens with zero attached hydrogens (tertiary/aromatic N) is 1. The second-order valence-corrected chi connectivity index (χ2v) is 4.34. The van der Waals surface area contributed by atoms with Gasteiger partial charge in [-0.15, -0.1) is 0 Å². The Morgan fingerprint density at radius 2 is 2.05 bits per heavy atom. The highest BCUT2D eigenvalue weighted by Gasteiger charge is 2.05. The van der Waals surface area contributed by atoms with Crippen LogP contribution < -0.4 is 15.1 Å². The molecule has 1 aromatic carbocycles. The number of hydrogen-bond donors (Lipinski definition) is 1. The molecule has 2 rings (SSSR count). The molecule has 0 radical (unpaired) electrons. The molecule has 2 aromatic rings. The van der Waals surface area contributed by atoms with Crippen molar-refractivity contribution in [3.05, 3.63) is 58.6 Å². The van der Waals surface area contributed by atoms with Gasteiger partial charge in [-0.05, 0) is 12.1 Å². The average Bonchev–Trinajstić information content (AvgIpc) is 2.49. The molecule has 0 saturated heterocycles. The van der Waals surface area contributed by atoms with Gasteiger partial charge in [-0.25, -0.2) is 0 Å². The van der Waals surface area contributed by atoms with E-state index in [9.17, 15) is 4.79 Å². The van der Waals surface area contributed by atoms with E-state index >= 15 is 0 Å². The molecule has 5 nitrogen and oxygen atoms in total. The normalized spacial score (nSPS) is 10.3. The van der Waals surface area contributed by atoms with Crippen molar-refractivity contribution in [3.63, 3.8) is 0 Å². The maximum absolute atomic E-state index is 11.6. The number of ether oxygens (including phenoxy) is 1. The summed E-state index contributed by atoms with van der Waals surface area (Å²) in [6.45, 7) is 0.714. The Morgan fingerprint density at radius 3 is 2.70 bits per heavy atom. The highest BCUT2D eigenvalue weighted by atomic mass is 16.5. The molecule has 5 heteroatoms. The van der Waals surface area contributed by atoms with E-state index in [0.717, 1.165) is 5.69 Å². The smallest absolute Gasteiger partial charge is 0.227 e. The van der Waals surface area contributed by atoms with Gasteiger partial charge >= 0.3 is 0 Å². The minimum atomic E-state index is -0.299. The first-order valence-electron chi connectivity index (χ1n) is 6.32. The fourth-order valence-electron chi connectivity index (χ4n) is 1.73. The first-order valence-corrected chi connectivity index (χ1v) is 6.32. The van der Waals surface area contributed by atoms with Crippen LogP contribution in [0.3, 0.4) is 0 Å². The monoisotopic (exact) mass is 275 g/mol. The van der Waals surface area contributed by atoms with Crippen LogP contribution in [-0.2, 0) is 6.61 Å². The summed E-state index contributed by atoms with van der Waals surface area (Å²) < 4.78 is 10.4. The van der Waals surface area contributed by atoms with Crippen LogP contribution in [0.15, 0.2) is 51.9 Å². The van der Waals surface area contributed by atoms with Crippen molar-refractivity contribution < 1.29 is 14.3 Å². The van der Waals surface area contributed by atoms with Crippen LogP contribution in [0.5, 0.6) is 5.75 Å². The highest BCUT2D eigenvalue weighted by Crippen LogP contribution is 2.11. The highest BCUT2D eigenvalue weighted by molar-refractivity contribution is 5.44. The van der Waals surface area contributed by atoms with Gasteiger partial charge in [0.05, 0.1) is 6.54 Å². The number of benzene rings is 1. The number of likely N-dealkylation sites (N-methyl/N-ethyl adjacent to an activating group) is 1. The van der Waals surface area contributed by atoms with Crippen LogP contribution in [-0.4, -0.2) is 25.3 Å². The molecular weight excluding hydrogens is 258 g/mol. The lowest BCUT2D eigenvalue weighted by Gasteiger charge is -2.19. The zero-order chi connectivity index (χ0) is 14.4. The van der Waals surface area contributed by atoms with Crippen LogP contribution in [0.2, 0.25) is 0 Å². The van der Waals surface area contributed by atoms with Crippen LogP contribution in [0, 0.1) is 0 Å². The van der Waals surface area contributed by atoms with Gasteiger partial charge in [-0.3, -0.25) is 4.79 Å². The molecule has 0 amide bonds. The molecule has 0 spiro atoms. The quantitative estimate of drug-likeness (QED) is 0.868. The molecule has 0 atom stereocenters. The summed E-state index contributed by atoms with van der Waals surface area (Å²) in [6.07, 6.45) is 1.23. The van der Waals surface area contributed by atoms with Crippen LogP contribution in [0.25, 0.3) is 0 Å². The van der Waals surface area contributed by atoms with E-state index < -0.39 is 0 Å². The first-order chi connectivity index (χ1) is 9.70. The summed E-state index contributed by atoms with van der Waals surface area (Å²) in [5.74, 6) is 0.382. The predicted molar refractivity (Wildman–Crippen MR) is 76.1 cm³/mol. The number of aliphatic hydroxyl groups is 1. The van der Waals surface area contributed by atoms with Gasteiger partial charge < -0.3 is 19.2 Å². The third-order valence-corrected chi connectivity index (χ3v) is 2.89. The van der Waals surface area contributed by atoms with Gasteiger partial charge in [0.2, 0.25) is 11.2 Å². The Morgan fingerprint density at radius 1 is 1.30 bits per heavy atom. The zero-order valence-electron chi connectivity index (χ0n) is 11.3. The summed E-state index contributed by atoms with van der Waals surface area (Å²) in [6, 6.07) is 11.1. The average molecular weight is 275 g/mol. The number of rotatable bonds is 6. The van der Waals surface area contributed by atoms with Crippen molar-refractivity contribution in [2.24, 2.45) is 0 Å². The van der Waals surface area contributed by atoms with Gasteiger partial charge in [0.25, 0.3) is 0 Å². The summed E-state index contributed by atoms with van der Waals surface area (Å²) in [4.78, 5) is 13.7. The van der Waals surface area contributed by atoms with E-state index in [1.807, 2.05) is 42.3 Å². The fraction of sp³-hybridized carbons (Fsp3) is 0.267. The third kappa shape index (κ3) is 3.61. The standard InChI is InChI=1S/C15H17NO4/c1-16(12-5-3-2-4-6-12)7-8-19-15-11-20-13(10-17)9-14(15)18/h2-6,9,11,17H,7-8,10H2,1H3. The Kier molecular flexibility index (Phi) is 4.79. The molecule has 0 aliphatic rings. The van der Waals surface area contributed by atoms with Crippen molar-refractivity contribution in [1.82, 2.24) is 0 Å². The fourth-order valence-corrected chi connectivity index (χ4v) is 1.73. The first kappa shape index (κ1) is 14.1. The Hall–Kier alpha value is -2.27. The molecule has 0 aliphatic heterocycles. The Bertz CT molecular complexity index is 594. The summed E-state index contributed by atoms with van der Waals surface area (Å²) in [5, 5.41) is 8.85. The van der Waals surface area contributed by atoms with E-state index in [-0.39, 0.29) is 23.5 Å². The van der Waals surface area contributed by atoms with Crippen LogP contribution >= 0.6 is 0 Å². The topological polar surface area (TPSA) is 62.9 Å². The Balaban J connectivity index is 1.89. The van der Waals surface area contributed by atoms with Gasteiger partial charge in [0, 0.05) is 18.8 Å². The van der Waals surface area contributed by atoms with Crippen molar-refractivity contribution in [3.8, 4) is 5.75 Å². The molecule has 1 N–H and O–H groups in total. The van der Waals surface area contributed by atoms with Gasteiger partial charge in [-0.2, -0.15) is 0 Å². The molecule has 0 unspecified atom stereocenters. The molecule has 20 heavy (non-hydrogen) atoms. The maximum atomic E-state index is 11.6. The summed E-state index contributed by atoms with van der Waals surface area (Å²) >= 11 is 0. The van der Waals surface area contributed by atoms with Crippen molar-refractivity contribution in [2.45, 2.75) is 6.61 Å². The molecule has 0 fully saturated rings. The third-order valence-electron chi connectivity index (χ3n) is 2.89. The van der Waals surface area contributed by atoms with Crippen molar-refractivity contribution >= 4 is 5.69 Å². The van der Waals surface area contributed by atoms with E-state index in [1.165, 1.54) is 12.3 Å². The van der Waals surface area contributed by atoms with Gasteiger partial charge in [-0.1, -0.05) is 18.2 Å².